The van der Waals surface area contributed by atoms with E-state index in [1.807, 2.05) is 30.3 Å². The minimum absolute atomic E-state index is 0.290. The molecule has 1 N–H and O–H groups in total. The highest BCUT2D eigenvalue weighted by Crippen LogP contribution is 2.16. The van der Waals surface area contributed by atoms with Crippen LogP contribution in [0.15, 0.2) is 60.9 Å². The minimum Gasteiger partial charge on any atom is -0.319 e. The summed E-state index contributed by atoms with van der Waals surface area (Å²) in [6.45, 7) is 0. The number of benzene rings is 2. The van der Waals surface area contributed by atoms with Gasteiger partial charge in [0.25, 0.3) is 5.91 Å². The van der Waals surface area contributed by atoms with E-state index in [1.165, 1.54) is 12.4 Å². The third-order valence-corrected chi connectivity index (χ3v) is 3.11. The molecule has 0 atom stereocenters. The highest BCUT2D eigenvalue weighted by atomic mass is 19.1. The van der Waals surface area contributed by atoms with Gasteiger partial charge in [0, 0.05) is 5.56 Å². The van der Waals surface area contributed by atoms with Crippen LogP contribution in [0.4, 0.5) is 14.5 Å². The van der Waals surface area contributed by atoms with E-state index < -0.39 is 17.5 Å². The zero-order valence-corrected chi connectivity index (χ0v) is 11.8. The van der Waals surface area contributed by atoms with Gasteiger partial charge in [0.1, 0.15) is 11.6 Å². The molecule has 0 unspecified atom stereocenters. The number of amides is 1. The van der Waals surface area contributed by atoms with Crippen LogP contribution in [0.5, 0.6) is 0 Å². The predicted octanol–water partition coefficient (Wildman–Crippen LogP) is 3.67. The van der Waals surface area contributed by atoms with E-state index in [0.717, 1.165) is 23.8 Å². The quantitative estimate of drug-likeness (QED) is 0.803. The number of aromatic nitrogens is 2. The van der Waals surface area contributed by atoms with Gasteiger partial charge in [0.05, 0.1) is 23.6 Å². The van der Waals surface area contributed by atoms with Crippen molar-refractivity contribution in [2.75, 3.05) is 5.32 Å². The van der Waals surface area contributed by atoms with E-state index in [9.17, 15) is 13.6 Å². The molecule has 3 aromatic rings. The van der Waals surface area contributed by atoms with Crippen molar-refractivity contribution in [1.82, 2.24) is 9.97 Å². The summed E-state index contributed by atoms with van der Waals surface area (Å²) >= 11 is 0. The SMILES string of the molecule is O=C(Nc1cnc(-c2ccccc2)nc1)c1cc(F)ccc1F. The Morgan fingerprint density at radius 3 is 2.35 bits per heavy atom. The van der Waals surface area contributed by atoms with Gasteiger partial charge < -0.3 is 5.32 Å². The van der Waals surface area contributed by atoms with Crippen molar-refractivity contribution in [2.45, 2.75) is 0 Å². The molecule has 1 heterocycles. The normalized spacial score (nSPS) is 10.3. The van der Waals surface area contributed by atoms with Gasteiger partial charge in [0.2, 0.25) is 0 Å². The number of carbonyl (C=O) groups is 1. The van der Waals surface area contributed by atoms with Crippen LogP contribution in [0.25, 0.3) is 11.4 Å². The number of hydrogen-bond acceptors (Lipinski definition) is 3. The third kappa shape index (κ3) is 3.37. The lowest BCUT2D eigenvalue weighted by Gasteiger charge is -2.06. The van der Waals surface area contributed by atoms with Gasteiger partial charge in [-0.2, -0.15) is 0 Å². The molecule has 4 nitrogen and oxygen atoms in total. The van der Waals surface area contributed by atoms with Gasteiger partial charge in [0.15, 0.2) is 5.82 Å². The first-order valence-electron chi connectivity index (χ1n) is 6.77. The molecule has 0 aliphatic heterocycles. The molecule has 114 valence electrons. The fraction of sp³-hybridized carbons (Fsp3) is 0. The Hall–Kier alpha value is -3.15. The Bertz CT molecular complexity index is 836. The highest BCUT2D eigenvalue weighted by molar-refractivity contribution is 6.04. The Balaban J connectivity index is 1.78. The lowest BCUT2D eigenvalue weighted by Crippen LogP contribution is -2.14. The Morgan fingerprint density at radius 1 is 0.957 bits per heavy atom. The van der Waals surface area contributed by atoms with Crippen LogP contribution in [-0.4, -0.2) is 15.9 Å². The smallest absolute Gasteiger partial charge is 0.258 e. The molecule has 0 spiro atoms. The van der Waals surface area contributed by atoms with Crippen LogP contribution in [0.2, 0.25) is 0 Å². The molecule has 0 saturated carbocycles. The summed E-state index contributed by atoms with van der Waals surface area (Å²) in [4.78, 5) is 20.3. The summed E-state index contributed by atoms with van der Waals surface area (Å²) in [6, 6.07) is 12.0. The maximum absolute atomic E-state index is 13.5. The van der Waals surface area contributed by atoms with Crippen LogP contribution >= 0.6 is 0 Å². The van der Waals surface area contributed by atoms with E-state index in [1.54, 1.807) is 0 Å². The van der Waals surface area contributed by atoms with Gasteiger partial charge in [-0.05, 0) is 18.2 Å². The average Bonchev–Trinajstić information content (AvgIpc) is 2.58. The summed E-state index contributed by atoms with van der Waals surface area (Å²) in [7, 11) is 0. The molecule has 3 rings (SSSR count). The Labute approximate surface area is 130 Å². The minimum atomic E-state index is -0.800. The van der Waals surface area contributed by atoms with Crippen molar-refractivity contribution in [2.24, 2.45) is 0 Å². The molecular formula is C17H11F2N3O. The number of nitrogens with zero attached hydrogens (tertiary/aromatic N) is 2. The number of halogens is 2. The zero-order chi connectivity index (χ0) is 16.2. The van der Waals surface area contributed by atoms with E-state index in [0.29, 0.717) is 11.5 Å². The summed E-state index contributed by atoms with van der Waals surface area (Å²) < 4.78 is 26.7. The van der Waals surface area contributed by atoms with Gasteiger partial charge >= 0.3 is 0 Å². The van der Waals surface area contributed by atoms with Crippen LogP contribution in [0.1, 0.15) is 10.4 Å². The van der Waals surface area contributed by atoms with Crippen molar-refractivity contribution in [3.05, 3.63) is 78.1 Å². The van der Waals surface area contributed by atoms with Gasteiger partial charge in [-0.25, -0.2) is 18.7 Å². The fourth-order valence-corrected chi connectivity index (χ4v) is 2.00. The molecule has 0 aliphatic carbocycles. The standard InChI is InChI=1S/C17H11F2N3O/c18-12-6-7-15(19)14(8-12)17(23)22-13-9-20-16(21-10-13)11-4-2-1-3-5-11/h1-10H,(H,22,23). The number of anilines is 1. The monoisotopic (exact) mass is 311 g/mol. The molecular weight excluding hydrogens is 300 g/mol. The number of carbonyl (C=O) groups excluding carboxylic acids is 1. The van der Waals surface area contributed by atoms with Crippen molar-refractivity contribution in [3.63, 3.8) is 0 Å². The molecule has 2 aromatic carbocycles. The molecule has 0 bridgehead atoms. The van der Waals surface area contributed by atoms with Crippen LogP contribution in [0, 0.1) is 11.6 Å². The molecule has 0 saturated heterocycles. The van der Waals surface area contributed by atoms with Crippen molar-refractivity contribution < 1.29 is 13.6 Å². The van der Waals surface area contributed by atoms with Gasteiger partial charge in [-0.1, -0.05) is 30.3 Å². The Morgan fingerprint density at radius 2 is 1.65 bits per heavy atom. The summed E-state index contributed by atoms with van der Waals surface area (Å²) in [5.74, 6) is -1.75. The largest absolute Gasteiger partial charge is 0.319 e. The fourth-order valence-electron chi connectivity index (χ4n) is 2.00. The van der Waals surface area contributed by atoms with E-state index in [2.05, 4.69) is 15.3 Å². The van der Waals surface area contributed by atoms with E-state index in [4.69, 9.17) is 0 Å². The van der Waals surface area contributed by atoms with Crippen molar-refractivity contribution in [3.8, 4) is 11.4 Å². The lowest BCUT2D eigenvalue weighted by molar-refractivity contribution is 0.102. The number of hydrogen-bond donors (Lipinski definition) is 1. The summed E-state index contributed by atoms with van der Waals surface area (Å²) in [6.07, 6.45) is 2.81. The second kappa shape index (κ2) is 6.31. The number of nitrogens with one attached hydrogen (secondary N) is 1. The molecule has 0 fully saturated rings. The zero-order valence-electron chi connectivity index (χ0n) is 11.8. The lowest BCUT2D eigenvalue weighted by atomic mass is 10.2. The second-order valence-corrected chi connectivity index (χ2v) is 4.74. The summed E-state index contributed by atoms with van der Waals surface area (Å²) in [5, 5.41) is 2.43. The van der Waals surface area contributed by atoms with E-state index in [-0.39, 0.29) is 5.56 Å². The molecule has 0 radical (unpaired) electrons. The molecule has 6 heteroatoms. The molecule has 0 aliphatic rings. The maximum Gasteiger partial charge on any atom is 0.258 e. The molecule has 1 amide bonds. The van der Waals surface area contributed by atoms with Crippen LogP contribution < -0.4 is 5.32 Å². The third-order valence-electron chi connectivity index (χ3n) is 3.11. The maximum atomic E-state index is 13.5. The second-order valence-electron chi connectivity index (χ2n) is 4.74. The highest BCUT2D eigenvalue weighted by Gasteiger charge is 2.13. The topological polar surface area (TPSA) is 54.9 Å². The van der Waals surface area contributed by atoms with E-state index >= 15 is 0 Å². The Kier molecular flexibility index (Phi) is 4.05. The summed E-state index contributed by atoms with van der Waals surface area (Å²) in [5.41, 5.74) is 0.747. The molecule has 23 heavy (non-hydrogen) atoms. The first-order valence-corrected chi connectivity index (χ1v) is 6.77. The predicted molar refractivity (Wildman–Crippen MR) is 81.8 cm³/mol. The van der Waals surface area contributed by atoms with Gasteiger partial charge in [-0.15, -0.1) is 0 Å². The number of rotatable bonds is 3. The first-order chi connectivity index (χ1) is 11.1. The first kappa shape index (κ1) is 14.8. The molecule has 1 aromatic heterocycles. The average molecular weight is 311 g/mol. The van der Waals surface area contributed by atoms with Crippen molar-refractivity contribution in [1.29, 1.82) is 0 Å². The van der Waals surface area contributed by atoms with Crippen molar-refractivity contribution >= 4 is 11.6 Å². The van der Waals surface area contributed by atoms with Crippen LogP contribution in [0.3, 0.4) is 0 Å². The van der Waals surface area contributed by atoms with Crippen LogP contribution in [-0.2, 0) is 0 Å². The van der Waals surface area contributed by atoms with Gasteiger partial charge in [-0.3, -0.25) is 4.79 Å².